The second-order valence-electron chi connectivity index (χ2n) is 11.0. The SMILES string of the molecule is O[C@](c1ccccc1)(c1ncc(C[N+]23CCC(CC2)[C@@H](OCc2ccccc2)C3)o1)C1CCCC1. The molecule has 0 radical (unpaired) electrons. The fraction of sp³-hybridized carbons (Fsp3) is 0.500. The van der Waals surface area contributed by atoms with Gasteiger partial charge in [-0.2, -0.15) is 0 Å². The second-order valence-corrected chi connectivity index (χ2v) is 11.0. The fourth-order valence-corrected chi connectivity index (χ4v) is 6.87. The van der Waals surface area contributed by atoms with Crippen LogP contribution in [0.15, 0.2) is 71.3 Å². The molecule has 2 atom stereocenters. The molecule has 3 saturated heterocycles. The van der Waals surface area contributed by atoms with Gasteiger partial charge in [0.25, 0.3) is 0 Å². The van der Waals surface area contributed by atoms with Crippen LogP contribution in [0.1, 0.15) is 61.3 Å². The van der Waals surface area contributed by atoms with Crippen molar-refractivity contribution in [1.29, 1.82) is 0 Å². The van der Waals surface area contributed by atoms with E-state index in [9.17, 15) is 5.11 Å². The third kappa shape index (κ3) is 4.46. The van der Waals surface area contributed by atoms with Crippen molar-refractivity contribution in [2.75, 3.05) is 19.6 Å². The lowest BCUT2D eigenvalue weighted by Crippen LogP contribution is -2.63. The lowest BCUT2D eigenvalue weighted by atomic mass is 9.80. The van der Waals surface area contributed by atoms with Crippen LogP contribution in [-0.4, -0.2) is 40.3 Å². The van der Waals surface area contributed by atoms with Gasteiger partial charge in [-0.3, -0.25) is 0 Å². The van der Waals surface area contributed by atoms with Crippen LogP contribution in [0.5, 0.6) is 0 Å². The van der Waals surface area contributed by atoms with Crippen molar-refractivity contribution < 1.29 is 18.7 Å². The van der Waals surface area contributed by atoms with Crippen molar-refractivity contribution in [3.63, 3.8) is 0 Å². The molecule has 1 N–H and O–H groups in total. The Morgan fingerprint density at radius 2 is 1.63 bits per heavy atom. The molecule has 2 aromatic carbocycles. The monoisotopic (exact) mass is 473 g/mol. The molecule has 2 bridgehead atoms. The highest BCUT2D eigenvalue weighted by molar-refractivity contribution is 5.30. The molecule has 5 heteroatoms. The summed E-state index contributed by atoms with van der Waals surface area (Å²) in [5.74, 6) is 2.15. The summed E-state index contributed by atoms with van der Waals surface area (Å²) in [5, 5.41) is 12.0. The van der Waals surface area contributed by atoms with E-state index in [2.05, 4.69) is 30.3 Å². The van der Waals surface area contributed by atoms with Crippen LogP contribution in [0.2, 0.25) is 0 Å². The third-order valence-electron chi connectivity index (χ3n) is 8.88. The van der Waals surface area contributed by atoms with Gasteiger partial charge in [-0.05, 0) is 24.0 Å². The molecule has 3 aromatic rings. The van der Waals surface area contributed by atoms with Gasteiger partial charge >= 0.3 is 0 Å². The van der Waals surface area contributed by atoms with Crippen LogP contribution < -0.4 is 0 Å². The number of aliphatic hydroxyl groups is 1. The minimum atomic E-state index is -1.16. The molecule has 3 aliphatic heterocycles. The van der Waals surface area contributed by atoms with Crippen LogP contribution >= 0.6 is 0 Å². The summed E-state index contributed by atoms with van der Waals surface area (Å²) >= 11 is 0. The molecule has 1 saturated carbocycles. The molecule has 7 rings (SSSR count). The maximum atomic E-state index is 12.0. The summed E-state index contributed by atoms with van der Waals surface area (Å²) in [6.45, 7) is 4.86. The molecule has 5 nitrogen and oxygen atoms in total. The molecule has 1 aliphatic carbocycles. The number of piperidine rings is 3. The largest absolute Gasteiger partial charge is 0.436 e. The van der Waals surface area contributed by atoms with E-state index < -0.39 is 5.60 Å². The molecule has 0 unspecified atom stereocenters. The van der Waals surface area contributed by atoms with E-state index >= 15 is 0 Å². The van der Waals surface area contributed by atoms with E-state index in [0.717, 1.165) is 67.7 Å². The van der Waals surface area contributed by atoms with Crippen molar-refractivity contribution in [3.8, 4) is 0 Å². The average molecular weight is 474 g/mol. The van der Waals surface area contributed by atoms with Gasteiger partial charge in [0.1, 0.15) is 19.2 Å². The molecular weight excluding hydrogens is 436 g/mol. The first kappa shape index (κ1) is 23.0. The van der Waals surface area contributed by atoms with Crippen molar-refractivity contribution in [1.82, 2.24) is 4.98 Å². The topological polar surface area (TPSA) is 55.5 Å². The van der Waals surface area contributed by atoms with Crippen LogP contribution in [-0.2, 0) is 23.5 Å². The van der Waals surface area contributed by atoms with Gasteiger partial charge in [-0.25, -0.2) is 4.98 Å². The summed E-state index contributed by atoms with van der Waals surface area (Å²) in [4.78, 5) is 4.69. The number of ether oxygens (including phenoxy) is 1. The first-order valence-electron chi connectivity index (χ1n) is 13.4. The molecule has 4 aliphatic rings. The number of quaternary nitrogens is 1. The zero-order valence-corrected chi connectivity index (χ0v) is 20.5. The highest BCUT2D eigenvalue weighted by Crippen LogP contribution is 2.45. The van der Waals surface area contributed by atoms with Gasteiger partial charge in [-0.1, -0.05) is 73.5 Å². The lowest BCUT2D eigenvalue weighted by Gasteiger charge is -2.52. The molecule has 0 spiro atoms. The van der Waals surface area contributed by atoms with E-state index in [1.54, 1.807) is 0 Å². The average Bonchev–Trinajstić information content (AvgIpc) is 3.62. The quantitative estimate of drug-likeness (QED) is 0.444. The maximum Gasteiger partial charge on any atom is 0.231 e. The zero-order valence-electron chi connectivity index (χ0n) is 20.5. The Hall–Kier alpha value is -2.47. The molecular formula is C30H37N2O3+. The predicted octanol–water partition coefficient (Wildman–Crippen LogP) is 5.43. The summed E-state index contributed by atoms with van der Waals surface area (Å²) < 4.78 is 13.9. The lowest BCUT2D eigenvalue weighted by molar-refractivity contribution is -0.959. The Morgan fingerprint density at radius 1 is 0.943 bits per heavy atom. The molecule has 4 fully saturated rings. The minimum Gasteiger partial charge on any atom is -0.436 e. The number of fused-ring (bicyclic) bond motifs is 3. The Bertz CT molecular complexity index is 1100. The van der Waals surface area contributed by atoms with Gasteiger partial charge < -0.3 is 18.7 Å². The number of benzene rings is 2. The third-order valence-corrected chi connectivity index (χ3v) is 8.88. The number of hydrogen-bond acceptors (Lipinski definition) is 4. The van der Waals surface area contributed by atoms with Crippen molar-refractivity contribution >= 4 is 0 Å². The Morgan fingerprint density at radius 3 is 2.34 bits per heavy atom. The standard InChI is InChI=1S/C30H37N2O3/c33-30(26-13-7-8-14-26,25-11-5-2-6-12-25)29-31-19-27(35-29)20-32-17-15-24(16-18-32)28(21-32)34-22-23-9-3-1-4-10-23/h1-6,9-12,19,24,26,28,33H,7-8,13-18,20-22H2/q+1/t24?,28-,30-,32?/m0/s1. The van der Waals surface area contributed by atoms with Gasteiger partial charge in [0.05, 0.1) is 25.9 Å². The molecule has 1 aromatic heterocycles. The van der Waals surface area contributed by atoms with E-state index in [1.165, 1.54) is 18.4 Å². The molecule has 4 heterocycles. The van der Waals surface area contributed by atoms with Gasteiger partial charge in [0, 0.05) is 24.7 Å². The summed E-state index contributed by atoms with van der Waals surface area (Å²) in [6.07, 6.45) is 8.88. The van der Waals surface area contributed by atoms with Crippen molar-refractivity contribution in [3.05, 3.63) is 89.6 Å². The van der Waals surface area contributed by atoms with Gasteiger partial charge in [0.2, 0.25) is 5.89 Å². The second kappa shape index (κ2) is 9.53. The normalized spacial score (nSPS) is 28.3. The fourth-order valence-electron chi connectivity index (χ4n) is 6.87. The van der Waals surface area contributed by atoms with Crippen LogP contribution in [0, 0.1) is 11.8 Å². The van der Waals surface area contributed by atoms with Gasteiger partial charge in [-0.15, -0.1) is 0 Å². The Kier molecular flexibility index (Phi) is 6.25. The highest BCUT2D eigenvalue weighted by Gasteiger charge is 2.48. The van der Waals surface area contributed by atoms with E-state index in [4.69, 9.17) is 14.1 Å². The van der Waals surface area contributed by atoms with Gasteiger partial charge in [0.15, 0.2) is 11.4 Å². The van der Waals surface area contributed by atoms with E-state index in [1.807, 2.05) is 36.5 Å². The summed E-state index contributed by atoms with van der Waals surface area (Å²) in [5.41, 5.74) is 0.967. The Balaban J connectivity index is 1.20. The van der Waals surface area contributed by atoms with Crippen molar-refractivity contribution in [2.24, 2.45) is 11.8 Å². The number of oxazole rings is 1. The zero-order chi connectivity index (χ0) is 23.7. The van der Waals surface area contributed by atoms with Crippen molar-refractivity contribution in [2.45, 2.75) is 63.4 Å². The number of rotatable bonds is 8. The smallest absolute Gasteiger partial charge is 0.231 e. The van der Waals surface area contributed by atoms with Crippen LogP contribution in [0.3, 0.4) is 0 Å². The van der Waals surface area contributed by atoms with E-state index in [-0.39, 0.29) is 5.92 Å². The summed E-state index contributed by atoms with van der Waals surface area (Å²) in [7, 11) is 0. The molecule has 184 valence electrons. The number of hydrogen-bond donors (Lipinski definition) is 1. The first-order valence-corrected chi connectivity index (χ1v) is 13.4. The number of aromatic nitrogens is 1. The molecule has 35 heavy (non-hydrogen) atoms. The minimum absolute atomic E-state index is 0.143. The van der Waals surface area contributed by atoms with E-state index in [0.29, 0.717) is 24.5 Å². The number of nitrogens with zero attached hydrogens (tertiary/aromatic N) is 2. The maximum absolute atomic E-state index is 12.0. The highest BCUT2D eigenvalue weighted by atomic mass is 16.5. The Labute approximate surface area is 208 Å². The van der Waals surface area contributed by atoms with Crippen LogP contribution in [0.4, 0.5) is 0 Å². The summed E-state index contributed by atoms with van der Waals surface area (Å²) in [6, 6.07) is 20.5. The first-order chi connectivity index (χ1) is 17.1. The molecule has 0 amide bonds. The van der Waals surface area contributed by atoms with Crippen LogP contribution in [0.25, 0.3) is 0 Å². The predicted molar refractivity (Wildman–Crippen MR) is 134 cm³/mol.